The van der Waals surface area contributed by atoms with Crippen LogP contribution in [0.25, 0.3) is 0 Å². The zero-order valence-electron chi connectivity index (χ0n) is 5.83. The van der Waals surface area contributed by atoms with Gasteiger partial charge in [0.05, 0.1) is 0 Å². The quantitative estimate of drug-likeness (QED) is 0.691. The fraction of sp³-hybridized carbons (Fsp3) is 0.800. The minimum absolute atomic E-state index is 0. The predicted molar refractivity (Wildman–Crippen MR) is 44.4 cm³/mol. The molecule has 0 bridgehead atoms. The van der Waals surface area contributed by atoms with E-state index in [0.717, 1.165) is 5.75 Å². The zero-order chi connectivity index (χ0) is 7.28. The van der Waals surface area contributed by atoms with Gasteiger partial charge in [0.2, 0.25) is 0 Å². The summed E-state index contributed by atoms with van der Waals surface area (Å²) >= 11 is 1.60. The monoisotopic (exact) mass is 269 g/mol. The number of carbonyl (C=O) groups is 1. The summed E-state index contributed by atoms with van der Waals surface area (Å²) < 4.78 is 0. The molecule has 0 aliphatic rings. The summed E-state index contributed by atoms with van der Waals surface area (Å²) in [6.07, 6.45) is 2.48. The average Bonchev–Trinajstić information content (AvgIpc) is 1.82. The van der Waals surface area contributed by atoms with Crippen LogP contribution in [-0.2, 0) is 4.79 Å². The molecule has 0 amide bonds. The van der Waals surface area contributed by atoms with Gasteiger partial charge in [-0.05, 0) is 18.4 Å². The van der Waals surface area contributed by atoms with E-state index in [1.54, 1.807) is 11.8 Å². The standard InChI is InChI=1S/C5H11NO2S.Sn/c1-9-3-2-4(6)5(7)8;/h4H,2-3,6H2,1H3,(H,7,8);/t4-;/m0./s1. The van der Waals surface area contributed by atoms with E-state index in [9.17, 15) is 4.79 Å². The molecule has 0 aromatic carbocycles. The van der Waals surface area contributed by atoms with Crippen molar-refractivity contribution in [2.45, 2.75) is 12.5 Å². The molecule has 0 rings (SSSR count). The molecule has 10 heavy (non-hydrogen) atoms. The Kier molecular flexibility index (Phi) is 10.1. The summed E-state index contributed by atoms with van der Waals surface area (Å²) in [7, 11) is 0. The van der Waals surface area contributed by atoms with E-state index in [4.69, 9.17) is 10.8 Å². The number of aliphatic carboxylic acids is 1. The van der Waals surface area contributed by atoms with Gasteiger partial charge in [-0.3, -0.25) is 4.79 Å². The van der Waals surface area contributed by atoms with E-state index < -0.39 is 12.0 Å². The van der Waals surface area contributed by atoms with Gasteiger partial charge in [0.25, 0.3) is 0 Å². The Hall–Kier alpha value is 0.579. The number of rotatable bonds is 4. The van der Waals surface area contributed by atoms with Gasteiger partial charge < -0.3 is 10.8 Å². The summed E-state index contributed by atoms with van der Waals surface area (Å²) in [6.45, 7) is 0. The van der Waals surface area contributed by atoms with Crippen molar-refractivity contribution < 1.29 is 9.90 Å². The Balaban J connectivity index is 0. The van der Waals surface area contributed by atoms with Crippen LogP contribution in [0.1, 0.15) is 6.42 Å². The van der Waals surface area contributed by atoms with Crippen molar-refractivity contribution >= 4 is 41.6 Å². The van der Waals surface area contributed by atoms with Crippen LogP contribution in [0.5, 0.6) is 0 Å². The Morgan fingerprint density at radius 2 is 2.30 bits per heavy atom. The van der Waals surface area contributed by atoms with E-state index in [2.05, 4.69) is 0 Å². The average molecular weight is 268 g/mol. The summed E-state index contributed by atoms with van der Waals surface area (Å²) in [5.74, 6) is -0.1000. The van der Waals surface area contributed by atoms with Crippen molar-refractivity contribution in [1.82, 2.24) is 0 Å². The molecule has 0 aliphatic carbocycles. The van der Waals surface area contributed by atoms with Gasteiger partial charge in [0.15, 0.2) is 0 Å². The molecule has 58 valence electrons. The maximum atomic E-state index is 10.1. The van der Waals surface area contributed by atoms with Crippen molar-refractivity contribution in [3.63, 3.8) is 0 Å². The van der Waals surface area contributed by atoms with Crippen LogP contribution in [0.2, 0.25) is 0 Å². The van der Waals surface area contributed by atoms with Crippen molar-refractivity contribution in [3.8, 4) is 0 Å². The van der Waals surface area contributed by atoms with E-state index in [-0.39, 0.29) is 23.9 Å². The fourth-order valence-corrected chi connectivity index (χ4v) is 0.858. The molecule has 0 aromatic rings. The summed E-state index contributed by atoms with van der Waals surface area (Å²) in [5.41, 5.74) is 5.19. The molecule has 3 N–H and O–H groups in total. The fourth-order valence-electron chi connectivity index (χ4n) is 0.368. The molecule has 0 aliphatic heterocycles. The molecule has 0 heterocycles. The Morgan fingerprint density at radius 1 is 1.80 bits per heavy atom. The van der Waals surface area contributed by atoms with Crippen LogP contribution in [0.15, 0.2) is 0 Å². The first-order valence-corrected chi connectivity index (χ1v) is 4.05. The van der Waals surface area contributed by atoms with Crippen LogP contribution in [-0.4, -0.2) is 53.0 Å². The van der Waals surface area contributed by atoms with E-state index in [0.29, 0.717) is 6.42 Å². The number of hydrogen-bond donors (Lipinski definition) is 2. The second-order valence-corrected chi connectivity index (χ2v) is 2.71. The molecular formula is C5H11NO2SSn. The van der Waals surface area contributed by atoms with Gasteiger partial charge in [-0.15, -0.1) is 0 Å². The summed E-state index contributed by atoms with van der Waals surface area (Å²) in [6, 6.07) is -0.683. The normalized spacial score (nSPS) is 11.8. The molecule has 0 saturated carbocycles. The maximum absolute atomic E-state index is 10.1. The molecule has 0 aromatic heterocycles. The topological polar surface area (TPSA) is 63.3 Å². The third-order valence-corrected chi connectivity index (χ3v) is 1.59. The van der Waals surface area contributed by atoms with Gasteiger partial charge in [-0.25, -0.2) is 0 Å². The SMILES string of the molecule is CSCC[C@H](N)C(=O)O.[Sn]. The van der Waals surface area contributed by atoms with Crippen molar-refractivity contribution in [1.29, 1.82) is 0 Å². The Labute approximate surface area is 81.7 Å². The molecular weight excluding hydrogens is 257 g/mol. The number of nitrogens with two attached hydrogens (primary N) is 1. The number of thioether (sulfide) groups is 1. The molecule has 5 heteroatoms. The molecule has 1 atom stereocenters. The van der Waals surface area contributed by atoms with E-state index >= 15 is 0 Å². The molecule has 0 spiro atoms. The molecule has 4 radical (unpaired) electrons. The van der Waals surface area contributed by atoms with Crippen LogP contribution < -0.4 is 5.73 Å². The van der Waals surface area contributed by atoms with Gasteiger partial charge in [-0.1, -0.05) is 0 Å². The largest absolute Gasteiger partial charge is 0.480 e. The van der Waals surface area contributed by atoms with Gasteiger partial charge >= 0.3 is 5.97 Å². The molecule has 0 saturated heterocycles. The smallest absolute Gasteiger partial charge is 0.320 e. The Morgan fingerprint density at radius 3 is 2.60 bits per heavy atom. The number of hydrogen-bond acceptors (Lipinski definition) is 3. The zero-order valence-corrected chi connectivity index (χ0v) is 9.50. The van der Waals surface area contributed by atoms with Crippen LogP contribution >= 0.6 is 11.8 Å². The van der Waals surface area contributed by atoms with Crippen LogP contribution in [0.3, 0.4) is 0 Å². The first-order chi connectivity index (χ1) is 4.18. The van der Waals surface area contributed by atoms with E-state index in [1.807, 2.05) is 6.26 Å². The third kappa shape index (κ3) is 6.70. The minimum atomic E-state index is -0.913. The van der Waals surface area contributed by atoms with Gasteiger partial charge in [0.1, 0.15) is 6.04 Å². The second-order valence-electron chi connectivity index (χ2n) is 1.73. The number of carboxylic acids is 1. The van der Waals surface area contributed by atoms with Crippen molar-refractivity contribution in [3.05, 3.63) is 0 Å². The van der Waals surface area contributed by atoms with Crippen LogP contribution in [0, 0.1) is 0 Å². The molecule has 0 fully saturated rings. The van der Waals surface area contributed by atoms with Gasteiger partial charge in [0, 0.05) is 23.9 Å². The molecule has 3 nitrogen and oxygen atoms in total. The summed E-state index contributed by atoms with van der Waals surface area (Å²) in [5, 5.41) is 8.27. The van der Waals surface area contributed by atoms with E-state index in [1.165, 1.54) is 0 Å². The first kappa shape index (κ1) is 13.2. The second kappa shape index (κ2) is 7.68. The minimum Gasteiger partial charge on any atom is -0.480 e. The maximum Gasteiger partial charge on any atom is 0.320 e. The number of carboxylic acid groups (broad SMARTS) is 1. The van der Waals surface area contributed by atoms with Crippen molar-refractivity contribution in [2.75, 3.05) is 12.0 Å². The Bertz CT molecular complexity index is 102. The predicted octanol–water partition coefficient (Wildman–Crippen LogP) is -0.229. The summed E-state index contributed by atoms with van der Waals surface area (Å²) in [4.78, 5) is 10.1. The van der Waals surface area contributed by atoms with Crippen LogP contribution in [0.4, 0.5) is 0 Å². The first-order valence-electron chi connectivity index (χ1n) is 2.65. The van der Waals surface area contributed by atoms with Crippen molar-refractivity contribution in [2.24, 2.45) is 5.73 Å². The van der Waals surface area contributed by atoms with Gasteiger partial charge in [-0.2, -0.15) is 11.8 Å². The third-order valence-electron chi connectivity index (χ3n) is 0.950. The molecule has 0 unspecified atom stereocenters.